The molecule has 1 aliphatic carbocycles. The monoisotopic (exact) mass is 477 g/mol. The van der Waals surface area contributed by atoms with E-state index >= 15 is 0 Å². The van der Waals surface area contributed by atoms with Crippen LogP contribution in [0, 0.1) is 17.8 Å². The van der Waals surface area contributed by atoms with Gasteiger partial charge < -0.3 is 15.0 Å². The second-order valence-electron chi connectivity index (χ2n) is 10.0. The average Bonchev–Trinajstić information content (AvgIpc) is 3.61. The third kappa shape index (κ3) is 5.35. The first kappa shape index (κ1) is 24.0. The van der Waals surface area contributed by atoms with Gasteiger partial charge in [0.15, 0.2) is 0 Å². The first-order valence-corrected chi connectivity index (χ1v) is 13.4. The molecule has 3 atom stereocenters. The van der Waals surface area contributed by atoms with Crippen LogP contribution in [0.3, 0.4) is 0 Å². The van der Waals surface area contributed by atoms with Gasteiger partial charge in [0.25, 0.3) is 5.91 Å². The number of hydrogen-bond donors (Lipinski definition) is 1. The summed E-state index contributed by atoms with van der Waals surface area (Å²) < 4.78 is 33.9. The standard InChI is InChI=1S/C24H35N3O5S/c1-16-11-17(2)14-27(13-16)33(30,31)22-12-18(6-9-21(22)32-3)24(29)26-10-4-5-19(15-26)23(28)25-20-7-8-20/h6,9,12,16-17,19-20H,4-5,7-8,10-11,13-15H2,1-3H3,(H,25,28). The summed E-state index contributed by atoms with van der Waals surface area (Å²) in [6, 6.07) is 4.89. The van der Waals surface area contributed by atoms with Gasteiger partial charge in [0, 0.05) is 37.8 Å². The van der Waals surface area contributed by atoms with Crippen LogP contribution in [-0.2, 0) is 14.8 Å². The molecule has 8 nitrogen and oxygen atoms in total. The highest BCUT2D eigenvalue weighted by molar-refractivity contribution is 7.89. The molecule has 9 heteroatoms. The molecule has 0 bridgehead atoms. The molecule has 3 aliphatic rings. The number of methoxy groups -OCH3 is 1. The fourth-order valence-corrected chi connectivity index (χ4v) is 6.92. The zero-order chi connectivity index (χ0) is 23.8. The molecule has 1 aromatic carbocycles. The minimum Gasteiger partial charge on any atom is -0.495 e. The zero-order valence-corrected chi connectivity index (χ0v) is 20.6. The number of rotatable bonds is 6. The van der Waals surface area contributed by atoms with Gasteiger partial charge in [-0.05, 0) is 62.1 Å². The normalized spacial score (nSPS) is 26.6. The number of likely N-dealkylation sites (tertiary alicyclic amines) is 1. The van der Waals surface area contributed by atoms with Gasteiger partial charge in [-0.15, -0.1) is 0 Å². The van der Waals surface area contributed by atoms with Crippen LogP contribution in [0.1, 0.15) is 56.3 Å². The average molecular weight is 478 g/mol. The maximum absolute atomic E-state index is 13.5. The Morgan fingerprint density at radius 1 is 1.06 bits per heavy atom. The molecule has 0 radical (unpaired) electrons. The van der Waals surface area contributed by atoms with Gasteiger partial charge in [-0.3, -0.25) is 9.59 Å². The van der Waals surface area contributed by atoms with Crippen molar-refractivity contribution in [2.45, 2.75) is 56.9 Å². The fourth-order valence-electron chi connectivity index (χ4n) is 5.06. The Labute approximate surface area is 196 Å². The summed E-state index contributed by atoms with van der Waals surface area (Å²) in [5.41, 5.74) is 0.302. The number of benzene rings is 1. The molecule has 182 valence electrons. The van der Waals surface area contributed by atoms with Crippen LogP contribution in [0.4, 0.5) is 0 Å². The van der Waals surface area contributed by atoms with Crippen molar-refractivity contribution in [3.8, 4) is 5.75 Å². The lowest BCUT2D eigenvalue weighted by Crippen LogP contribution is -2.46. The van der Waals surface area contributed by atoms with E-state index in [4.69, 9.17) is 4.74 Å². The molecule has 2 amide bonds. The van der Waals surface area contributed by atoms with Crippen LogP contribution in [0.15, 0.2) is 23.1 Å². The predicted octanol–water partition coefficient (Wildman–Crippen LogP) is 2.49. The highest BCUT2D eigenvalue weighted by atomic mass is 32.2. The molecule has 3 unspecified atom stereocenters. The number of nitrogens with one attached hydrogen (secondary N) is 1. The highest BCUT2D eigenvalue weighted by Crippen LogP contribution is 2.32. The van der Waals surface area contributed by atoms with E-state index in [0.717, 1.165) is 32.1 Å². The molecule has 4 rings (SSSR count). The first-order chi connectivity index (χ1) is 15.7. The number of sulfonamides is 1. The topological polar surface area (TPSA) is 96.0 Å². The number of hydrogen-bond acceptors (Lipinski definition) is 5. The van der Waals surface area contributed by atoms with Crippen molar-refractivity contribution in [1.29, 1.82) is 0 Å². The lowest BCUT2D eigenvalue weighted by atomic mass is 9.94. The Kier molecular flexibility index (Phi) is 7.00. The molecule has 0 aromatic heterocycles. The summed E-state index contributed by atoms with van der Waals surface area (Å²) in [7, 11) is -2.38. The highest BCUT2D eigenvalue weighted by Gasteiger charge is 2.35. The minimum atomic E-state index is -3.81. The maximum atomic E-state index is 13.5. The van der Waals surface area contributed by atoms with Gasteiger partial charge >= 0.3 is 0 Å². The van der Waals surface area contributed by atoms with Crippen molar-refractivity contribution in [2.24, 2.45) is 17.8 Å². The predicted molar refractivity (Wildman–Crippen MR) is 124 cm³/mol. The third-order valence-electron chi connectivity index (χ3n) is 6.87. The number of ether oxygens (including phenoxy) is 1. The molecule has 2 saturated heterocycles. The SMILES string of the molecule is COc1ccc(C(=O)N2CCCC(C(=O)NC3CC3)C2)cc1S(=O)(=O)N1CC(C)CC(C)C1. The fraction of sp³-hybridized carbons (Fsp3) is 0.667. The second-order valence-corrected chi connectivity index (χ2v) is 11.9. The molecular formula is C24H35N3O5S. The largest absolute Gasteiger partial charge is 0.495 e. The van der Waals surface area contributed by atoms with Crippen molar-refractivity contribution in [1.82, 2.24) is 14.5 Å². The minimum absolute atomic E-state index is 0.0151. The van der Waals surface area contributed by atoms with E-state index in [-0.39, 0.29) is 46.3 Å². The molecule has 1 aromatic rings. The smallest absolute Gasteiger partial charge is 0.253 e. The van der Waals surface area contributed by atoms with Gasteiger partial charge in [-0.1, -0.05) is 13.8 Å². The van der Waals surface area contributed by atoms with Gasteiger partial charge in [0.1, 0.15) is 10.6 Å². The van der Waals surface area contributed by atoms with Crippen LogP contribution >= 0.6 is 0 Å². The summed E-state index contributed by atoms with van der Waals surface area (Å²) >= 11 is 0. The second kappa shape index (κ2) is 9.62. The summed E-state index contributed by atoms with van der Waals surface area (Å²) in [4.78, 5) is 27.5. The Morgan fingerprint density at radius 3 is 2.39 bits per heavy atom. The number of amides is 2. The summed E-state index contributed by atoms with van der Waals surface area (Å²) in [6.07, 6.45) is 4.55. The van der Waals surface area contributed by atoms with Gasteiger partial charge in [-0.2, -0.15) is 4.31 Å². The third-order valence-corrected chi connectivity index (χ3v) is 8.72. The van der Waals surface area contributed by atoms with Crippen molar-refractivity contribution >= 4 is 21.8 Å². The van der Waals surface area contributed by atoms with Gasteiger partial charge in [0.05, 0.1) is 13.0 Å². The Hall–Kier alpha value is -2.13. The number of carbonyl (C=O) groups excluding carboxylic acids is 2. The van der Waals surface area contributed by atoms with Crippen molar-refractivity contribution in [2.75, 3.05) is 33.3 Å². The van der Waals surface area contributed by atoms with Crippen molar-refractivity contribution in [3.63, 3.8) is 0 Å². The molecule has 2 heterocycles. The molecule has 2 aliphatic heterocycles. The zero-order valence-electron chi connectivity index (χ0n) is 19.7. The number of carbonyl (C=O) groups is 2. The van der Waals surface area contributed by atoms with Crippen LogP contribution < -0.4 is 10.1 Å². The Balaban J connectivity index is 1.55. The molecule has 1 N–H and O–H groups in total. The molecule has 33 heavy (non-hydrogen) atoms. The molecule has 0 spiro atoms. The molecular weight excluding hydrogens is 442 g/mol. The van der Waals surface area contributed by atoms with Gasteiger partial charge in [0.2, 0.25) is 15.9 Å². The van der Waals surface area contributed by atoms with Crippen LogP contribution in [0.2, 0.25) is 0 Å². The van der Waals surface area contributed by atoms with Crippen molar-refractivity contribution < 1.29 is 22.7 Å². The van der Waals surface area contributed by atoms with E-state index < -0.39 is 10.0 Å². The van der Waals surface area contributed by atoms with Crippen LogP contribution in [0.25, 0.3) is 0 Å². The first-order valence-electron chi connectivity index (χ1n) is 12.0. The number of piperidine rings is 2. The summed E-state index contributed by atoms with van der Waals surface area (Å²) in [6.45, 7) is 5.94. The summed E-state index contributed by atoms with van der Waals surface area (Å²) in [5.74, 6) is 0.316. The Bertz CT molecular complexity index is 997. The maximum Gasteiger partial charge on any atom is 0.253 e. The lowest BCUT2D eigenvalue weighted by molar-refractivity contribution is -0.126. The van der Waals surface area contributed by atoms with E-state index in [0.29, 0.717) is 31.7 Å². The number of nitrogens with zero attached hydrogens (tertiary/aromatic N) is 2. The summed E-state index contributed by atoms with van der Waals surface area (Å²) in [5, 5.41) is 3.03. The van der Waals surface area contributed by atoms with Crippen LogP contribution in [0.5, 0.6) is 5.75 Å². The van der Waals surface area contributed by atoms with E-state index in [1.807, 2.05) is 0 Å². The Morgan fingerprint density at radius 2 is 1.76 bits per heavy atom. The van der Waals surface area contributed by atoms with E-state index in [1.165, 1.54) is 17.5 Å². The van der Waals surface area contributed by atoms with Crippen LogP contribution in [-0.4, -0.2) is 68.8 Å². The molecule has 1 saturated carbocycles. The van der Waals surface area contributed by atoms with Crippen molar-refractivity contribution in [3.05, 3.63) is 23.8 Å². The van der Waals surface area contributed by atoms with E-state index in [1.54, 1.807) is 17.0 Å². The van der Waals surface area contributed by atoms with E-state index in [9.17, 15) is 18.0 Å². The quantitative estimate of drug-likeness (QED) is 0.679. The molecule has 3 fully saturated rings. The van der Waals surface area contributed by atoms with E-state index in [2.05, 4.69) is 19.2 Å². The lowest BCUT2D eigenvalue weighted by Gasteiger charge is -2.34. The van der Waals surface area contributed by atoms with Gasteiger partial charge in [-0.25, -0.2) is 8.42 Å².